The third-order valence-corrected chi connectivity index (χ3v) is 0. The smallest absolute Gasteiger partial charge is 2.00 e. The van der Waals surface area contributed by atoms with E-state index in [0.29, 0.717) is 0 Å². The van der Waals surface area contributed by atoms with Gasteiger partial charge in [-0.2, -0.15) is 0 Å². The van der Waals surface area contributed by atoms with Gasteiger partial charge in [-0.25, -0.2) is 0 Å². The molecule has 0 saturated carbocycles. The van der Waals surface area contributed by atoms with E-state index >= 15 is 0 Å². The van der Waals surface area contributed by atoms with E-state index in [1.54, 1.807) is 0 Å². The summed E-state index contributed by atoms with van der Waals surface area (Å²) in [6.45, 7) is 0. The van der Waals surface area contributed by atoms with Crippen LogP contribution in [0.25, 0.3) is 0 Å². The van der Waals surface area contributed by atoms with Crippen molar-refractivity contribution in [3.8, 4) is 0 Å². The summed E-state index contributed by atoms with van der Waals surface area (Å²) in [5, 5.41) is 0. The van der Waals surface area contributed by atoms with Crippen molar-refractivity contribution in [1.29, 1.82) is 0 Å². The van der Waals surface area contributed by atoms with Gasteiger partial charge in [0.2, 0.25) is 0 Å². The van der Waals surface area contributed by atoms with Crippen molar-refractivity contribution in [2.24, 2.45) is 0 Å². The van der Waals surface area contributed by atoms with Gasteiger partial charge in [0.05, 0.1) is 0 Å². The summed E-state index contributed by atoms with van der Waals surface area (Å²) in [7, 11) is 0. The van der Waals surface area contributed by atoms with Crippen molar-refractivity contribution in [2.75, 3.05) is 0 Å². The van der Waals surface area contributed by atoms with Crippen LogP contribution in [0.15, 0.2) is 0 Å². The molecule has 0 N–H and O–H groups in total. The van der Waals surface area contributed by atoms with Crippen LogP contribution in [-0.4, -0.2) is 0 Å². The normalized spacial score (nSPS) is 0. The van der Waals surface area contributed by atoms with Gasteiger partial charge in [-0.15, -0.1) is 0 Å². The van der Waals surface area contributed by atoms with Crippen LogP contribution >= 0.6 is 0 Å². The fraction of sp³-hybridized carbons (Fsp3) is 0. The summed E-state index contributed by atoms with van der Waals surface area (Å²) >= 11 is 0. The van der Waals surface area contributed by atoms with Crippen molar-refractivity contribution in [2.45, 2.75) is 0 Å². The first kappa shape index (κ1) is 75.5. The van der Waals surface area contributed by atoms with Gasteiger partial charge in [-0.1, -0.05) is 0 Å². The second-order valence-corrected chi connectivity index (χ2v) is 0. The topological polar surface area (TPSA) is 57.0 Å². The molecule has 41 valence electrons. The molecule has 0 amide bonds. The first-order valence-corrected chi connectivity index (χ1v) is 0. The molecule has 0 rings (SSSR count). The molecule has 6 heteroatoms. The minimum atomic E-state index is 0. The summed E-state index contributed by atoms with van der Waals surface area (Å²) in [6.07, 6.45) is 0. The van der Waals surface area contributed by atoms with Gasteiger partial charge in [-0.05, 0) is 0 Å². The maximum absolute atomic E-state index is 0. The van der Waals surface area contributed by atoms with Crippen LogP contribution < -0.4 is 0 Å². The second kappa shape index (κ2) is 50.2. The summed E-state index contributed by atoms with van der Waals surface area (Å²) in [5.41, 5.74) is 0. The average molecular weight is 429 g/mol. The van der Waals surface area contributed by atoms with Crippen LogP contribution in [0.2, 0.25) is 0 Å². The van der Waals surface area contributed by atoms with Gasteiger partial charge >= 0.3 is 26.2 Å². The van der Waals surface area contributed by atoms with E-state index in [2.05, 4.69) is 0 Å². The predicted molar refractivity (Wildman–Crippen MR) is 1.37 cm³/mol. The van der Waals surface area contributed by atoms with E-state index in [0.717, 1.165) is 0 Å². The monoisotopic (exact) mass is 428 g/mol. The van der Waals surface area contributed by atoms with Gasteiger partial charge in [0, 0.05) is 55.2 Å². The third-order valence-electron chi connectivity index (χ3n) is 0. The zero-order valence-corrected chi connectivity index (χ0v) is 9.42. The van der Waals surface area contributed by atoms with Crippen LogP contribution in [0.3, 0.4) is 0 Å². The molecule has 0 aromatic heterocycles. The summed E-state index contributed by atoms with van der Waals surface area (Å²) in [6, 6.07) is 0. The molecule has 1 radical (unpaired) electrons. The fourth-order valence-corrected chi connectivity index (χ4v) is 0. The minimum Gasteiger partial charge on any atom is -2.00 e. The Morgan fingerprint density at radius 2 is 0.833 bits per heavy atom. The molecule has 0 heterocycles. The average Bonchev–Trinajstić information content (AvgIpc) is 0. The van der Waals surface area contributed by atoms with Crippen LogP contribution in [-0.2, 0) is 92.4 Å². The number of rotatable bonds is 0. The third kappa shape index (κ3) is 31.2. The molecule has 0 aliphatic rings. The quantitative estimate of drug-likeness (QED) is 0.511. The van der Waals surface area contributed by atoms with Gasteiger partial charge in [0.15, 0.2) is 0 Å². The SMILES string of the molecule is [Co].[Cr].[O-2].[O-2].[Pt].[Zr+4]. The predicted octanol–water partition coefficient (Wildman–Crippen LogP) is -0.248. The molecule has 0 aliphatic heterocycles. The molecule has 6 heavy (non-hydrogen) atoms. The van der Waals surface area contributed by atoms with Gasteiger partial charge in [0.1, 0.15) is 0 Å². The molecule has 0 aromatic carbocycles. The maximum Gasteiger partial charge on any atom is 4.00 e. The molecule has 0 saturated heterocycles. The number of hydrogen-bond acceptors (Lipinski definition) is 0. The van der Waals surface area contributed by atoms with Crippen molar-refractivity contribution in [3.63, 3.8) is 0 Å². The van der Waals surface area contributed by atoms with Crippen molar-refractivity contribution < 1.29 is 92.4 Å². The molecule has 0 unspecified atom stereocenters. The Kier molecular flexibility index (Phi) is 632. The molecule has 0 aliphatic carbocycles. The zero-order chi connectivity index (χ0) is 0. The largest absolute Gasteiger partial charge is 4.00 e. The van der Waals surface area contributed by atoms with Crippen LogP contribution in [0.5, 0.6) is 0 Å². The Morgan fingerprint density at radius 1 is 0.833 bits per heavy atom. The molecule has 2 nitrogen and oxygen atoms in total. The van der Waals surface area contributed by atoms with Crippen molar-refractivity contribution in [3.05, 3.63) is 0 Å². The number of hydrogen-bond donors (Lipinski definition) is 0. The Labute approximate surface area is 91.2 Å². The molecule has 0 atom stereocenters. The van der Waals surface area contributed by atoms with Gasteiger partial charge in [0.25, 0.3) is 0 Å². The minimum absolute atomic E-state index is 0. The molecule has 0 spiro atoms. The van der Waals surface area contributed by atoms with Crippen LogP contribution in [0, 0.1) is 0 Å². The summed E-state index contributed by atoms with van der Waals surface area (Å²) in [5.74, 6) is 0. The zero-order valence-electron chi connectivity index (χ0n) is 2.37. The Balaban J connectivity index is 0. The summed E-state index contributed by atoms with van der Waals surface area (Å²) in [4.78, 5) is 0. The standard InChI is InChI=1S/Co.Cr.2O.Pt.Zr/q;;2*-2;;+4. The Bertz CT molecular complexity index is 13.5. The molecule has 0 fully saturated rings. The van der Waals surface area contributed by atoms with E-state index in [1.807, 2.05) is 0 Å². The first-order chi connectivity index (χ1) is 0. The van der Waals surface area contributed by atoms with Crippen LogP contribution in [0.4, 0.5) is 0 Å². The van der Waals surface area contributed by atoms with Gasteiger partial charge < -0.3 is 11.0 Å². The van der Waals surface area contributed by atoms with E-state index < -0.39 is 0 Å². The molecular weight excluding hydrogens is 429 g/mol. The first-order valence-electron chi connectivity index (χ1n) is 0. The Morgan fingerprint density at radius 3 is 0.833 bits per heavy atom. The van der Waals surface area contributed by atoms with Crippen LogP contribution in [0.1, 0.15) is 0 Å². The van der Waals surface area contributed by atoms with E-state index in [9.17, 15) is 0 Å². The van der Waals surface area contributed by atoms with Crippen molar-refractivity contribution in [1.82, 2.24) is 0 Å². The molecule has 0 aromatic rings. The van der Waals surface area contributed by atoms with E-state index in [4.69, 9.17) is 0 Å². The van der Waals surface area contributed by atoms with Crippen molar-refractivity contribution >= 4 is 0 Å². The Hall–Kier alpha value is 2.53. The van der Waals surface area contributed by atoms with E-state index in [1.165, 1.54) is 0 Å². The molecule has 0 bridgehead atoms. The van der Waals surface area contributed by atoms with E-state index in [-0.39, 0.29) is 92.4 Å². The fourth-order valence-electron chi connectivity index (χ4n) is 0. The summed E-state index contributed by atoms with van der Waals surface area (Å²) < 4.78 is 0. The second-order valence-electron chi connectivity index (χ2n) is 0. The molecular formula is CoCrO2PtZr. The maximum atomic E-state index is 0. The van der Waals surface area contributed by atoms with Gasteiger partial charge in [-0.3, -0.25) is 0 Å².